The number of hydrogen-bond acceptors (Lipinski definition) is 2. The fourth-order valence-corrected chi connectivity index (χ4v) is 4.17. The van der Waals surface area contributed by atoms with E-state index in [9.17, 15) is 4.79 Å². The summed E-state index contributed by atoms with van der Waals surface area (Å²) in [4.78, 5) is 15.1. The number of carbonyl (C=O) groups is 1. The lowest BCUT2D eigenvalue weighted by molar-refractivity contribution is 0.0930. The fraction of sp³-hybridized carbons (Fsp3) is 0.438. The van der Waals surface area contributed by atoms with Crippen molar-refractivity contribution in [3.05, 3.63) is 43.8 Å². The Balaban J connectivity index is 1.78. The quantitative estimate of drug-likeness (QED) is 0.831. The first kappa shape index (κ1) is 14.9. The number of thiophene rings is 1. The molecule has 1 amide bonds. The van der Waals surface area contributed by atoms with Gasteiger partial charge in [0.15, 0.2) is 0 Å². The van der Waals surface area contributed by atoms with Crippen molar-refractivity contribution in [2.24, 2.45) is 0 Å². The fourth-order valence-electron chi connectivity index (χ4n) is 2.71. The number of carbonyl (C=O) groups excluding carboxylic acids is 1. The van der Waals surface area contributed by atoms with Crippen molar-refractivity contribution in [3.63, 3.8) is 0 Å². The average molecular weight is 367 g/mol. The summed E-state index contributed by atoms with van der Waals surface area (Å²) in [5, 5.41) is 3.13. The van der Waals surface area contributed by atoms with Crippen molar-refractivity contribution < 1.29 is 4.79 Å². The van der Waals surface area contributed by atoms with Crippen molar-refractivity contribution in [2.45, 2.75) is 45.7 Å². The third-order valence-corrected chi connectivity index (χ3v) is 5.30. The second kappa shape index (κ2) is 5.61. The summed E-state index contributed by atoms with van der Waals surface area (Å²) in [6.45, 7) is 6.26. The molecule has 2 aromatic rings. The lowest BCUT2D eigenvalue weighted by Gasteiger charge is -2.15. The summed E-state index contributed by atoms with van der Waals surface area (Å²) in [5.74, 6) is 0.00310. The van der Waals surface area contributed by atoms with Gasteiger partial charge in [0.25, 0.3) is 5.91 Å². The lowest BCUT2D eigenvalue weighted by Crippen LogP contribution is -2.28. The minimum absolute atomic E-state index is 0.00310. The van der Waals surface area contributed by atoms with Crippen LogP contribution in [-0.4, -0.2) is 10.5 Å². The van der Waals surface area contributed by atoms with Gasteiger partial charge < -0.3 is 9.88 Å². The van der Waals surface area contributed by atoms with Crippen LogP contribution in [0.3, 0.4) is 0 Å². The first-order valence-corrected chi connectivity index (χ1v) is 8.82. The van der Waals surface area contributed by atoms with Crippen LogP contribution in [0.2, 0.25) is 0 Å². The third-order valence-electron chi connectivity index (χ3n) is 3.88. The Labute approximate surface area is 137 Å². The van der Waals surface area contributed by atoms with Crippen LogP contribution in [0.15, 0.2) is 22.8 Å². The van der Waals surface area contributed by atoms with Gasteiger partial charge in [-0.25, -0.2) is 0 Å². The molecule has 0 saturated heterocycles. The highest BCUT2D eigenvalue weighted by Crippen LogP contribution is 2.37. The molecule has 1 fully saturated rings. The Hall–Kier alpha value is -1.07. The molecule has 0 radical (unpaired) electrons. The Bertz CT molecular complexity index is 685. The van der Waals surface area contributed by atoms with E-state index in [2.05, 4.69) is 45.7 Å². The zero-order valence-corrected chi connectivity index (χ0v) is 14.8. The van der Waals surface area contributed by atoms with Crippen molar-refractivity contribution in [1.29, 1.82) is 0 Å². The third kappa shape index (κ3) is 3.09. The number of nitrogens with one attached hydrogen (secondary N) is 1. The molecule has 2 heterocycles. The van der Waals surface area contributed by atoms with Crippen molar-refractivity contribution >= 4 is 33.2 Å². The van der Waals surface area contributed by atoms with E-state index in [-0.39, 0.29) is 11.9 Å². The highest BCUT2D eigenvalue weighted by Gasteiger charge is 2.28. The van der Waals surface area contributed by atoms with Gasteiger partial charge in [-0.15, -0.1) is 11.3 Å². The van der Waals surface area contributed by atoms with Crippen LogP contribution in [0.25, 0.3) is 0 Å². The molecular weight excluding hydrogens is 348 g/mol. The van der Waals surface area contributed by atoms with Gasteiger partial charge in [0.05, 0.1) is 6.04 Å². The van der Waals surface area contributed by atoms with E-state index < -0.39 is 0 Å². The summed E-state index contributed by atoms with van der Waals surface area (Å²) in [6.07, 6.45) is 4.34. The van der Waals surface area contributed by atoms with E-state index in [1.54, 1.807) is 11.3 Å². The molecule has 1 N–H and O–H groups in total. The average Bonchev–Trinajstić information content (AvgIpc) is 3.09. The number of amides is 1. The topological polar surface area (TPSA) is 34.0 Å². The van der Waals surface area contributed by atoms with Gasteiger partial charge in [-0.2, -0.15) is 0 Å². The number of rotatable bonds is 4. The number of nitrogens with zero attached hydrogens (tertiary/aromatic N) is 1. The molecule has 112 valence electrons. The summed E-state index contributed by atoms with van der Waals surface area (Å²) >= 11 is 5.25. The van der Waals surface area contributed by atoms with E-state index in [0.29, 0.717) is 6.04 Å². The van der Waals surface area contributed by atoms with Crippen LogP contribution < -0.4 is 5.32 Å². The Morgan fingerprint density at radius 2 is 2.14 bits per heavy atom. The first-order valence-electron chi connectivity index (χ1n) is 7.21. The van der Waals surface area contributed by atoms with E-state index in [1.807, 2.05) is 19.2 Å². The number of aromatic nitrogens is 1. The zero-order valence-electron chi connectivity index (χ0n) is 12.4. The SMILES string of the molecule is Cc1cc(C(C)NC(=O)c2cc(Br)cn2C2CC2)c(C)s1. The summed E-state index contributed by atoms with van der Waals surface area (Å²) in [7, 11) is 0. The van der Waals surface area contributed by atoms with Crippen LogP contribution in [0.4, 0.5) is 0 Å². The predicted octanol–water partition coefficient (Wildman–Crippen LogP) is 4.75. The standard InChI is InChI=1S/C16H19BrN2OS/c1-9-6-14(11(3)21-9)10(2)18-16(20)15-7-12(17)8-19(15)13-4-5-13/h6-8,10,13H,4-5H2,1-3H3,(H,18,20). The molecule has 0 bridgehead atoms. The molecule has 0 aliphatic heterocycles. The van der Waals surface area contributed by atoms with Crippen LogP contribution in [-0.2, 0) is 0 Å². The van der Waals surface area contributed by atoms with Crippen LogP contribution in [0.5, 0.6) is 0 Å². The highest BCUT2D eigenvalue weighted by molar-refractivity contribution is 9.10. The second-order valence-electron chi connectivity index (χ2n) is 5.75. The molecule has 3 rings (SSSR count). The monoisotopic (exact) mass is 366 g/mol. The molecule has 0 aromatic carbocycles. The molecule has 1 saturated carbocycles. The smallest absolute Gasteiger partial charge is 0.268 e. The number of aryl methyl sites for hydroxylation is 2. The number of hydrogen-bond donors (Lipinski definition) is 1. The molecular formula is C16H19BrN2OS. The van der Waals surface area contributed by atoms with Gasteiger partial charge in [-0.1, -0.05) is 0 Å². The molecule has 3 nitrogen and oxygen atoms in total. The van der Waals surface area contributed by atoms with Crippen LogP contribution in [0, 0.1) is 13.8 Å². The maximum Gasteiger partial charge on any atom is 0.268 e. The van der Waals surface area contributed by atoms with Gasteiger partial charge in [0.1, 0.15) is 5.69 Å². The maximum absolute atomic E-state index is 12.6. The molecule has 1 unspecified atom stereocenters. The van der Waals surface area contributed by atoms with Crippen molar-refractivity contribution in [1.82, 2.24) is 9.88 Å². The summed E-state index contributed by atoms with van der Waals surface area (Å²) in [6, 6.07) is 4.61. The summed E-state index contributed by atoms with van der Waals surface area (Å²) in [5.41, 5.74) is 1.97. The van der Waals surface area contributed by atoms with E-state index in [0.717, 1.165) is 10.2 Å². The van der Waals surface area contributed by atoms with E-state index in [4.69, 9.17) is 0 Å². The minimum atomic E-state index is 0.00310. The Morgan fingerprint density at radius 3 is 2.71 bits per heavy atom. The molecule has 1 atom stereocenters. The van der Waals surface area contributed by atoms with Crippen molar-refractivity contribution in [3.8, 4) is 0 Å². The van der Waals surface area contributed by atoms with Gasteiger partial charge in [-0.3, -0.25) is 4.79 Å². The lowest BCUT2D eigenvalue weighted by atomic mass is 10.1. The zero-order chi connectivity index (χ0) is 15.1. The highest BCUT2D eigenvalue weighted by atomic mass is 79.9. The van der Waals surface area contributed by atoms with Crippen LogP contribution >= 0.6 is 27.3 Å². The van der Waals surface area contributed by atoms with Gasteiger partial charge >= 0.3 is 0 Å². The molecule has 1 aliphatic rings. The molecule has 5 heteroatoms. The van der Waals surface area contributed by atoms with Crippen molar-refractivity contribution in [2.75, 3.05) is 0 Å². The predicted molar refractivity (Wildman–Crippen MR) is 90.1 cm³/mol. The van der Waals surface area contributed by atoms with Gasteiger partial charge in [-0.05, 0) is 67.2 Å². The van der Waals surface area contributed by atoms with E-state index in [1.165, 1.54) is 28.2 Å². The second-order valence-corrected chi connectivity index (χ2v) is 8.12. The normalized spacial score (nSPS) is 16.0. The molecule has 2 aromatic heterocycles. The van der Waals surface area contributed by atoms with E-state index >= 15 is 0 Å². The number of halogens is 1. The Kier molecular flexibility index (Phi) is 3.97. The van der Waals surface area contributed by atoms with Gasteiger partial charge in [0.2, 0.25) is 0 Å². The van der Waals surface area contributed by atoms with Crippen LogP contribution in [0.1, 0.15) is 57.7 Å². The van der Waals surface area contributed by atoms with Gasteiger partial charge in [0, 0.05) is 26.5 Å². The largest absolute Gasteiger partial charge is 0.344 e. The Morgan fingerprint density at radius 1 is 1.43 bits per heavy atom. The molecule has 0 spiro atoms. The minimum Gasteiger partial charge on any atom is -0.344 e. The maximum atomic E-state index is 12.6. The molecule has 21 heavy (non-hydrogen) atoms. The summed E-state index contributed by atoms with van der Waals surface area (Å²) < 4.78 is 3.06. The molecule has 1 aliphatic carbocycles. The first-order chi connectivity index (χ1) is 9.95.